The molecule has 0 aromatic heterocycles. The summed E-state index contributed by atoms with van der Waals surface area (Å²) >= 11 is 0. The summed E-state index contributed by atoms with van der Waals surface area (Å²) < 4.78 is 11.1. The third kappa shape index (κ3) is 9.86. The number of hydrogen-bond acceptors (Lipinski definition) is 4. The maximum absolute atomic E-state index is 12.6. The molecular formula is C26H41N2O4+. The van der Waals surface area contributed by atoms with Crippen molar-refractivity contribution in [1.82, 2.24) is 4.90 Å². The normalized spacial score (nSPS) is 19.0. The monoisotopic (exact) mass is 445 g/mol. The number of carbonyl (C=O) groups excluding carboxylic acids is 2. The van der Waals surface area contributed by atoms with E-state index in [9.17, 15) is 9.59 Å². The van der Waals surface area contributed by atoms with Crippen LogP contribution in [0.25, 0.3) is 0 Å². The van der Waals surface area contributed by atoms with Gasteiger partial charge < -0.3 is 18.9 Å². The van der Waals surface area contributed by atoms with Crippen LogP contribution in [0, 0.1) is 0 Å². The van der Waals surface area contributed by atoms with Crippen LogP contribution < -0.4 is 4.74 Å². The molecule has 1 amide bonds. The summed E-state index contributed by atoms with van der Waals surface area (Å²) in [5.41, 5.74) is 1.30. The van der Waals surface area contributed by atoms with E-state index in [1.165, 1.54) is 12.5 Å². The van der Waals surface area contributed by atoms with Gasteiger partial charge in [0.2, 0.25) is 5.91 Å². The zero-order valence-corrected chi connectivity index (χ0v) is 20.2. The average Bonchev–Trinajstić information content (AvgIpc) is 2.97. The highest BCUT2D eigenvalue weighted by Gasteiger charge is 2.27. The van der Waals surface area contributed by atoms with E-state index in [1.807, 2.05) is 23.1 Å². The van der Waals surface area contributed by atoms with Gasteiger partial charge in [-0.25, -0.2) is 0 Å². The van der Waals surface area contributed by atoms with Crippen molar-refractivity contribution in [3.63, 3.8) is 0 Å². The second-order valence-electron chi connectivity index (χ2n) is 9.05. The Morgan fingerprint density at radius 1 is 1.03 bits per heavy atom. The largest absolute Gasteiger partial charge is 0.497 e. The van der Waals surface area contributed by atoms with Crippen molar-refractivity contribution < 1.29 is 23.5 Å². The molecular weight excluding hydrogens is 404 g/mol. The minimum absolute atomic E-state index is 0.143. The van der Waals surface area contributed by atoms with Crippen molar-refractivity contribution in [1.29, 1.82) is 0 Å². The quantitative estimate of drug-likeness (QED) is 0.208. The molecule has 0 N–H and O–H groups in total. The smallest absolute Gasteiger partial charge is 0.302 e. The Balaban J connectivity index is 1.65. The number of amides is 1. The highest BCUT2D eigenvalue weighted by molar-refractivity contribution is 5.87. The van der Waals surface area contributed by atoms with Gasteiger partial charge in [0.05, 0.1) is 40.4 Å². The minimum Gasteiger partial charge on any atom is -0.497 e. The van der Waals surface area contributed by atoms with E-state index in [1.54, 1.807) is 13.2 Å². The van der Waals surface area contributed by atoms with Crippen molar-refractivity contribution in [3.05, 3.63) is 42.0 Å². The average molecular weight is 446 g/mol. The number of unbranched alkanes of at least 4 members (excludes halogenated alkanes) is 5. The molecule has 1 unspecified atom stereocenters. The van der Waals surface area contributed by atoms with E-state index in [0.717, 1.165) is 87.9 Å². The molecule has 2 rings (SSSR count). The minimum atomic E-state index is -0.204. The van der Waals surface area contributed by atoms with Gasteiger partial charge in [-0.15, -0.1) is 0 Å². The van der Waals surface area contributed by atoms with E-state index in [4.69, 9.17) is 9.47 Å². The summed E-state index contributed by atoms with van der Waals surface area (Å²) in [6.45, 7) is 6.63. The van der Waals surface area contributed by atoms with Gasteiger partial charge in [-0.3, -0.25) is 9.59 Å². The van der Waals surface area contributed by atoms with Crippen molar-refractivity contribution in [2.45, 2.75) is 58.4 Å². The summed E-state index contributed by atoms with van der Waals surface area (Å²) in [4.78, 5) is 25.3. The summed E-state index contributed by atoms with van der Waals surface area (Å²) in [6, 6.07) is 8.31. The number of rotatable bonds is 12. The van der Waals surface area contributed by atoms with Gasteiger partial charge in [0.25, 0.3) is 0 Å². The molecule has 1 aliphatic heterocycles. The molecule has 1 aromatic carbocycles. The molecule has 0 saturated carbocycles. The first-order valence-corrected chi connectivity index (χ1v) is 12.0. The van der Waals surface area contributed by atoms with E-state index < -0.39 is 0 Å². The second kappa shape index (κ2) is 13.9. The van der Waals surface area contributed by atoms with Crippen molar-refractivity contribution in [3.8, 4) is 5.75 Å². The number of benzene rings is 1. The van der Waals surface area contributed by atoms with Crippen LogP contribution in [-0.4, -0.2) is 68.2 Å². The second-order valence-corrected chi connectivity index (χ2v) is 9.05. The number of hydrogen-bond donors (Lipinski definition) is 0. The van der Waals surface area contributed by atoms with Crippen molar-refractivity contribution in [2.24, 2.45) is 0 Å². The fraction of sp³-hybridized carbons (Fsp3) is 0.615. The van der Waals surface area contributed by atoms with Crippen LogP contribution in [0.4, 0.5) is 0 Å². The molecule has 1 aromatic rings. The Labute approximate surface area is 193 Å². The van der Waals surface area contributed by atoms with E-state index in [0.29, 0.717) is 6.61 Å². The molecule has 6 nitrogen and oxygen atoms in total. The zero-order chi connectivity index (χ0) is 23.2. The molecule has 0 bridgehead atoms. The number of quaternary nitrogens is 1. The van der Waals surface area contributed by atoms with Gasteiger partial charge in [-0.05, 0) is 49.6 Å². The van der Waals surface area contributed by atoms with E-state index >= 15 is 0 Å². The lowest BCUT2D eigenvalue weighted by atomic mass is 10.1. The van der Waals surface area contributed by atoms with Crippen molar-refractivity contribution >= 4 is 11.9 Å². The molecule has 1 heterocycles. The van der Waals surface area contributed by atoms with Gasteiger partial charge in [-0.2, -0.15) is 0 Å². The number of allylic oxidation sites excluding steroid dienone is 1. The third-order valence-corrected chi connectivity index (χ3v) is 6.15. The van der Waals surface area contributed by atoms with E-state index in [2.05, 4.69) is 19.2 Å². The Hall–Kier alpha value is -2.34. The third-order valence-electron chi connectivity index (χ3n) is 6.15. The first-order valence-electron chi connectivity index (χ1n) is 12.0. The number of esters is 1. The first-order chi connectivity index (χ1) is 15.4. The lowest BCUT2D eigenvalue weighted by molar-refractivity contribution is -0.920. The fourth-order valence-corrected chi connectivity index (χ4v) is 4.18. The lowest BCUT2D eigenvalue weighted by Gasteiger charge is -2.33. The van der Waals surface area contributed by atoms with Gasteiger partial charge in [0.15, 0.2) is 0 Å². The van der Waals surface area contributed by atoms with Gasteiger partial charge in [0.1, 0.15) is 12.3 Å². The van der Waals surface area contributed by atoms with Gasteiger partial charge in [-0.1, -0.05) is 25.3 Å². The highest BCUT2D eigenvalue weighted by Crippen LogP contribution is 2.19. The Kier molecular flexibility index (Phi) is 11.3. The molecule has 1 saturated heterocycles. The molecule has 0 radical (unpaired) electrons. The van der Waals surface area contributed by atoms with Crippen LogP contribution in [0.3, 0.4) is 0 Å². The van der Waals surface area contributed by atoms with Crippen LogP contribution in [0.1, 0.15) is 57.4 Å². The predicted molar refractivity (Wildman–Crippen MR) is 127 cm³/mol. The molecule has 0 aliphatic carbocycles. The van der Waals surface area contributed by atoms with Crippen LogP contribution in [0.2, 0.25) is 0 Å². The van der Waals surface area contributed by atoms with Crippen LogP contribution in [-0.2, 0) is 20.9 Å². The Bertz CT molecular complexity index is 732. The van der Waals surface area contributed by atoms with Crippen LogP contribution in [0.5, 0.6) is 5.75 Å². The summed E-state index contributed by atoms with van der Waals surface area (Å²) in [7, 11) is 3.98. The topological polar surface area (TPSA) is 55.8 Å². The standard InChI is InChI=1S/C26H41N2O4/c1-23(29)32-21-10-8-6-4-5-7-9-12-26(30)27-17-11-19-28(2,20-18-27)22-24-13-15-25(31-3)16-14-24/h9,12-16H,4-8,10-11,17-22H2,1-3H3/q+1/b12-9+. The molecule has 1 fully saturated rings. The lowest BCUT2D eigenvalue weighted by Crippen LogP contribution is -2.46. The highest BCUT2D eigenvalue weighted by atomic mass is 16.5. The molecule has 1 aliphatic rings. The van der Waals surface area contributed by atoms with Crippen LogP contribution >= 0.6 is 0 Å². The molecule has 0 spiro atoms. The number of carbonyl (C=O) groups is 2. The number of nitrogens with zero attached hydrogens (tertiary/aromatic N) is 2. The Morgan fingerprint density at radius 3 is 2.47 bits per heavy atom. The SMILES string of the molecule is COc1ccc(C[N+]2(C)CCCN(C(=O)/C=C/CCCCCCCOC(C)=O)CC2)cc1. The summed E-state index contributed by atoms with van der Waals surface area (Å²) in [5.74, 6) is 0.824. The maximum Gasteiger partial charge on any atom is 0.302 e. The van der Waals surface area contributed by atoms with Crippen molar-refractivity contribution in [2.75, 3.05) is 46.9 Å². The molecule has 6 heteroatoms. The summed E-state index contributed by atoms with van der Waals surface area (Å²) in [6.07, 6.45) is 11.1. The Morgan fingerprint density at radius 2 is 1.75 bits per heavy atom. The maximum atomic E-state index is 12.6. The molecule has 178 valence electrons. The van der Waals surface area contributed by atoms with Gasteiger partial charge in [0, 0.05) is 25.5 Å². The summed E-state index contributed by atoms with van der Waals surface area (Å²) in [5, 5.41) is 0. The number of methoxy groups -OCH3 is 1. The van der Waals surface area contributed by atoms with E-state index in [-0.39, 0.29) is 11.9 Å². The number of likely N-dealkylation sites (N-methyl/N-ethyl adjacent to an activating group) is 1. The zero-order valence-electron chi connectivity index (χ0n) is 20.2. The van der Waals surface area contributed by atoms with Crippen LogP contribution in [0.15, 0.2) is 36.4 Å². The molecule has 32 heavy (non-hydrogen) atoms. The fourth-order valence-electron chi connectivity index (χ4n) is 4.18. The predicted octanol–water partition coefficient (Wildman–Crippen LogP) is 4.33. The van der Waals surface area contributed by atoms with Gasteiger partial charge >= 0.3 is 5.97 Å². The first kappa shape index (κ1) is 25.9. The number of ether oxygens (including phenoxy) is 2. The molecule has 1 atom stereocenters.